The van der Waals surface area contributed by atoms with Crippen LogP contribution in [0.1, 0.15) is 30.9 Å². The van der Waals surface area contributed by atoms with Crippen LogP contribution in [0.3, 0.4) is 0 Å². The van der Waals surface area contributed by atoms with E-state index >= 15 is 0 Å². The molecule has 0 saturated heterocycles. The summed E-state index contributed by atoms with van der Waals surface area (Å²) in [5, 5.41) is 0.543. The first-order chi connectivity index (χ1) is 9.39. The van der Waals surface area contributed by atoms with Crippen LogP contribution in [0.25, 0.3) is 0 Å². The number of ether oxygens (including phenoxy) is 1. The van der Waals surface area contributed by atoms with Gasteiger partial charge >= 0.3 is 0 Å². The SMILES string of the molecule is CCCCS(=O)(=O)NCCc1cc(Cl)c(OC)cc1C. The second-order valence-electron chi connectivity index (χ2n) is 4.73. The molecule has 114 valence electrons. The lowest BCUT2D eigenvalue weighted by Crippen LogP contribution is -2.28. The van der Waals surface area contributed by atoms with Crippen molar-refractivity contribution >= 4 is 21.6 Å². The summed E-state index contributed by atoms with van der Waals surface area (Å²) in [5.41, 5.74) is 2.06. The highest BCUT2D eigenvalue weighted by Gasteiger charge is 2.10. The average molecular weight is 320 g/mol. The number of hydrogen-bond acceptors (Lipinski definition) is 3. The standard InChI is InChI=1S/C14H22ClNO3S/c1-4-5-8-20(17,18)16-7-6-12-10-13(15)14(19-3)9-11(12)2/h9-10,16H,4-8H2,1-3H3. The lowest BCUT2D eigenvalue weighted by atomic mass is 10.1. The Kier molecular flexibility index (Phi) is 6.79. The molecule has 0 aliphatic carbocycles. The molecular formula is C14H22ClNO3S. The fourth-order valence-electron chi connectivity index (χ4n) is 1.87. The van der Waals surface area contributed by atoms with Crippen LogP contribution in [0.15, 0.2) is 12.1 Å². The molecular weight excluding hydrogens is 298 g/mol. The van der Waals surface area contributed by atoms with Crippen molar-refractivity contribution in [2.45, 2.75) is 33.1 Å². The van der Waals surface area contributed by atoms with E-state index in [-0.39, 0.29) is 5.75 Å². The summed E-state index contributed by atoms with van der Waals surface area (Å²) in [6, 6.07) is 3.69. The highest BCUT2D eigenvalue weighted by atomic mass is 35.5. The predicted octanol–water partition coefficient (Wildman–Crippen LogP) is 2.92. The van der Waals surface area contributed by atoms with Crippen LogP contribution in [-0.4, -0.2) is 27.8 Å². The number of benzene rings is 1. The van der Waals surface area contributed by atoms with Gasteiger partial charge in [0, 0.05) is 6.54 Å². The van der Waals surface area contributed by atoms with Gasteiger partial charge in [0.2, 0.25) is 10.0 Å². The number of nitrogens with one attached hydrogen (secondary N) is 1. The zero-order chi connectivity index (χ0) is 15.2. The van der Waals surface area contributed by atoms with E-state index in [1.54, 1.807) is 7.11 Å². The van der Waals surface area contributed by atoms with Gasteiger partial charge in [-0.05, 0) is 43.0 Å². The minimum atomic E-state index is -3.16. The maximum atomic E-state index is 11.7. The Labute approximate surface area is 126 Å². The zero-order valence-electron chi connectivity index (χ0n) is 12.2. The van der Waals surface area contributed by atoms with Gasteiger partial charge in [0.15, 0.2) is 0 Å². The molecule has 0 aliphatic rings. The molecule has 0 aromatic heterocycles. The highest BCUT2D eigenvalue weighted by molar-refractivity contribution is 7.89. The van der Waals surface area contributed by atoms with Gasteiger partial charge in [0.05, 0.1) is 17.9 Å². The fourth-order valence-corrected chi connectivity index (χ4v) is 3.36. The number of unbranched alkanes of at least 4 members (excludes halogenated alkanes) is 1. The number of rotatable bonds is 8. The zero-order valence-corrected chi connectivity index (χ0v) is 13.8. The van der Waals surface area contributed by atoms with E-state index in [4.69, 9.17) is 16.3 Å². The summed E-state index contributed by atoms with van der Waals surface area (Å²) in [4.78, 5) is 0. The van der Waals surface area contributed by atoms with Crippen molar-refractivity contribution in [3.05, 3.63) is 28.3 Å². The van der Waals surface area contributed by atoms with Gasteiger partial charge in [-0.15, -0.1) is 0 Å². The van der Waals surface area contributed by atoms with Gasteiger partial charge in [-0.2, -0.15) is 0 Å². The van der Waals surface area contributed by atoms with Gasteiger partial charge in [0.25, 0.3) is 0 Å². The fraction of sp³-hybridized carbons (Fsp3) is 0.571. The molecule has 0 saturated carbocycles. The molecule has 4 nitrogen and oxygen atoms in total. The van der Waals surface area contributed by atoms with E-state index in [1.165, 1.54) is 0 Å². The van der Waals surface area contributed by atoms with Gasteiger partial charge in [0.1, 0.15) is 5.75 Å². The van der Waals surface area contributed by atoms with E-state index < -0.39 is 10.0 Å². The smallest absolute Gasteiger partial charge is 0.211 e. The van der Waals surface area contributed by atoms with Crippen molar-refractivity contribution < 1.29 is 13.2 Å². The molecule has 6 heteroatoms. The van der Waals surface area contributed by atoms with E-state index in [1.807, 2.05) is 26.0 Å². The van der Waals surface area contributed by atoms with Crippen LogP contribution in [0, 0.1) is 6.92 Å². The molecule has 0 fully saturated rings. The third-order valence-corrected chi connectivity index (χ3v) is 4.86. The molecule has 0 aliphatic heterocycles. The molecule has 0 bridgehead atoms. The third-order valence-electron chi connectivity index (χ3n) is 3.09. The Bertz CT molecular complexity index is 544. The third kappa shape index (κ3) is 5.31. The summed E-state index contributed by atoms with van der Waals surface area (Å²) < 4.78 is 31.1. The number of halogens is 1. The van der Waals surface area contributed by atoms with Crippen molar-refractivity contribution in [3.63, 3.8) is 0 Å². The lowest BCUT2D eigenvalue weighted by Gasteiger charge is -2.11. The average Bonchev–Trinajstić information content (AvgIpc) is 2.40. The van der Waals surface area contributed by atoms with E-state index in [0.717, 1.165) is 17.5 Å². The number of sulfonamides is 1. The van der Waals surface area contributed by atoms with E-state index in [0.29, 0.717) is 30.2 Å². The quantitative estimate of drug-likeness (QED) is 0.801. The first kappa shape index (κ1) is 17.3. The Morgan fingerprint density at radius 2 is 2.05 bits per heavy atom. The Morgan fingerprint density at radius 1 is 1.35 bits per heavy atom. The molecule has 20 heavy (non-hydrogen) atoms. The maximum Gasteiger partial charge on any atom is 0.211 e. The molecule has 1 N–H and O–H groups in total. The second-order valence-corrected chi connectivity index (χ2v) is 7.06. The lowest BCUT2D eigenvalue weighted by molar-refractivity contribution is 0.414. The van der Waals surface area contributed by atoms with Crippen LogP contribution in [0.4, 0.5) is 0 Å². The summed E-state index contributed by atoms with van der Waals surface area (Å²) in [6.07, 6.45) is 2.16. The maximum absolute atomic E-state index is 11.7. The summed E-state index contributed by atoms with van der Waals surface area (Å²) in [6.45, 7) is 4.31. The van der Waals surface area contributed by atoms with E-state index in [2.05, 4.69) is 4.72 Å². The summed E-state index contributed by atoms with van der Waals surface area (Å²) in [7, 11) is -1.59. The van der Waals surface area contributed by atoms with Crippen LogP contribution in [0.5, 0.6) is 5.75 Å². The van der Waals surface area contributed by atoms with Crippen LogP contribution < -0.4 is 9.46 Å². The minimum Gasteiger partial charge on any atom is -0.495 e. The molecule has 1 aromatic rings. The van der Waals surface area contributed by atoms with Crippen molar-refractivity contribution in [1.82, 2.24) is 4.72 Å². The first-order valence-corrected chi connectivity index (χ1v) is 8.73. The van der Waals surface area contributed by atoms with Gasteiger partial charge in [-0.3, -0.25) is 0 Å². The van der Waals surface area contributed by atoms with Crippen molar-refractivity contribution in [1.29, 1.82) is 0 Å². The van der Waals surface area contributed by atoms with Crippen molar-refractivity contribution in [3.8, 4) is 5.75 Å². The molecule has 0 spiro atoms. The van der Waals surface area contributed by atoms with Crippen LogP contribution in [0.2, 0.25) is 5.02 Å². The number of hydrogen-bond donors (Lipinski definition) is 1. The molecule has 0 amide bonds. The topological polar surface area (TPSA) is 55.4 Å². The van der Waals surface area contributed by atoms with Gasteiger partial charge in [-0.25, -0.2) is 13.1 Å². The highest BCUT2D eigenvalue weighted by Crippen LogP contribution is 2.27. The molecule has 1 aromatic carbocycles. The summed E-state index contributed by atoms with van der Waals surface area (Å²) in [5.74, 6) is 0.822. The minimum absolute atomic E-state index is 0.186. The van der Waals surface area contributed by atoms with Crippen molar-refractivity contribution in [2.24, 2.45) is 0 Å². The van der Waals surface area contributed by atoms with Crippen molar-refractivity contribution in [2.75, 3.05) is 19.4 Å². The molecule has 0 unspecified atom stereocenters. The Morgan fingerprint density at radius 3 is 2.65 bits per heavy atom. The summed E-state index contributed by atoms with van der Waals surface area (Å²) >= 11 is 6.08. The van der Waals surface area contributed by atoms with Crippen LogP contribution >= 0.6 is 11.6 Å². The normalized spacial score (nSPS) is 11.6. The monoisotopic (exact) mass is 319 g/mol. The Hall–Kier alpha value is -0.780. The molecule has 0 radical (unpaired) electrons. The largest absolute Gasteiger partial charge is 0.495 e. The first-order valence-electron chi connectivity index (χ1n) is 6.70. The predicted molar refractivity (Wildman–Crippen MR) is 83.1 cm³/mol. The Balaban J connectivity index is 2.60. The number of aryl methyl sites for hydroxylation is 1. The van der Waals surface area contributed by atoms with E-state index in [9.17, 15) is 8.42 Å². The van der Waals surface area contributed by atoms with Crippen LogP contribution in [-0.2, 0) is 16.4 Å². The number of methoxy groups -OCH3 is 1. The second kappa shape index (κ2) is 7.86. The molecule has 0 heterocycles. The molecule has 1 rings (SSSR count). The van der Waals surface area contributed by atoms with Gasteiger partial charge in [-0.1, -0.05) is 24.9 Å². The molecule has 0 atom stereocenters. The van der Waals surface area contributed by atoms with Gasteiger partial charge < -0.3 is 4.74 Å².